The lowest BCUT2D eigenvalue weighted by Gasteiger charge is -2.18. The van der Waals surface area contributed by atoms with E-state index < -0.39 is 0 Å². The summed E-state index contributed by atoms with van der Waals surface area (Å²) in [5.74, 6) is -1.67. The van der Waals surface area contributed by atoms with E-state index in [1.54, 1.807) is 19.2 Å². The molecule has 148 valence electrons. The number of nitrogens with zero attached hydrogens (tertiary/aromatic N) is 2. The predicted molar refractivity (Wildman–Crippen MR) is 109 cm³/mol. The third-order valence-corrected chi connectivity index (χ3v) is 5.58. The molecule has 0 saturated heterocycles. The Morgan fingerprint density at radius 2 is 1.10 bits per heavy atom. The van der Waals surface area contributed by atoms with Gasteiger partial charge in [0.2, 0.25) is 0 Å². The number of imide groups is 2. The van der Waals surface area contributed by atoms with E-state index in [9.17, 15) is 19.2 Å². The Morgan fingerprint density at radius 3 is 1.47 bits per heavy atom. The Hall–Kier alpha value is -3.84. The summed E-state index contributed by atoms with van der Waals surface area (Å²) in [4.78, 5) is 50.6. The molecule has 30 heavy (non-hydrogen) atoms. The second-order valence-corrected chi connectivity index (χ2v) is 7.24. The number of rotatable bonds is 4. The van der Waals surface area contributed by atoms with Crippen LogP contribution in [-0.4, -0.2) is 37.3 Å². The van der Waals surface area contributed by atoms with Crippen molar-refractivity contribution in [2.75, 3.05) is 23.5 Å². The molecule has 0 bridgehead atoms. The first kappa shape index (κ1) is 18.2. The molecule has 0 fully saturated rings. The fraction of sp³-hybridized carbons (Fsp3) is 0.130. The number of benzene rings is 2. The zero-order valence-corrected chi connectivity index (χ0v) is 16.0. The summed E-state index contributed by atoms with van der Waals surface area (Å²) < 4.78 is 5.44. The van der Waals surface area contributed by atoms with Crippen molar-refractivity contribution in [3.05, 3.63) is 71.8 Å². The maximum absolute atomic E-state index is 12.1. The van der Waals surface area contributed by atoms with Gasteiger partial charge in [0, 0.05) is 37.3 Å². The third-order valence-electron chi connectivity index (χ3n) is 5.58. The number of ether oxygens (including phenoxy) is 1. The molecule has 0 aromatic heterocycles. The molecule has 2 heterocycles. The van der Waals surface area contributed by atoms with Gasteiger partial charge in [0.05, 0.1) is 18.0 Å². The van der Waals surface area contributed by atoms with Crippen LogP contribution in [0, 0.1) is 0 Å². The van der Waals surface area contributed by atoms with Crippen molar-refractivity contribution in [3.63, 3.8) is 0 Å². The summed E-state index contributed by atoms with van der Waals surface area (Å²) in [6.45, 7) is 0.368. The van der Waals surface area contributed by atoms with Crippen LogP contribution in [0.4, 0.5) is 11.4 Å². The van der Waals surface area contributed by atoms with Gasteiger partial charge in [0.25, 0.3) is 23.6 Å². The van der Waals surface area contributed by atoms with E-state index in [1.807, 2.05) is 24.3 Å². The lowest BCUT2D eigenvalue weighted by molar-refractivity contribution is -0.121. The van der Waals surface area contributed by atoms with Crippen LogP contribution in [0.2, 0.25) is 0 Å². The van der Waals surface area contributed by atoms with Crippen LogP contribution in [0.3, 0.4) is 0 Å². The van der Waals surface area contributed by atoms with Crippen LogP contribution in [0.15, 0.2) is 60.7 Å². The molecule has 7 heteroatoms. The van der Waals surface area contributed by atoms with Crippen molar-refractivity contribution >= 4 is 35.0 Å². The molecule has 1 aliphatic carbocycles. The molecule has 2 aromatic carbocycles. The maximum Gasteiger partial charge on any atom is 0.258 e. The smallest absolute Gasteiger partial charge is 0.258 e. The molecular formula is C23H16N2O5. The fourth-order valence-corrected chi connectivity index (χ4v) is 4.27. The van der Waals surface area contributed by atoms with E-state index in [2.05, 4.69) is 0 Å². The first-order valence-corrected chi connectivity index (χ1v) is 9.39. The van der Waals surface area contributed by atoms with Crippen molar-refractivity contribution in [2.24, 2.45) is 0 Å². The second kappa shape index (κ2) is 6.60. The zero-order chi connectivity index (χ0) is 21.0. The molecule has 2 aromatic rings. The summed E-state index contributed by atoms with van der Waals surface area (Å²) in [7, 11) is 1.60. The summed E-state index contributed by atoms with van der Waals surface area (Å²) in [5, 5.41) is 0. The molecule has 0 unspecified atom stereocenters. The van der Waals surface area contributed by atoms with Crippen molar-refractivity contribution in [1.82, 2.24) is 0 Å². The van der Waals surface area contributed by atoms with Crippen molar-refractivity contribution in [2.45, 2.75) is 5.92 Å². The van der Waals surface area contributed by atoms with E-state index in [0.717, 1.165) is 32.1 Å². The second-order valence-electron chi connectivity index (χ2n) is 7.24. The van der Waals surface area contributed by atoms with Crippen LogP contribution in [-0.2, 0) is 23.9 Å². The summed E-state index contributed by atoms with van der Waals surface area (Å²) in [5.41, 5.74) is 4.77. The minimum absolute atomic E-state index is 0.165. The molecule has 3 aliphatic rings. The van der Waals surface area contributed by atoms with Crippen LogP contribution in [0.1, 0.15) is 17.0 Å². The standard InChI is InChI=1S/C23H16N2O5/c1-30-12-19-17-10-13(24-20(26)6-7-21(24)27)2-4-15(17)16-5-3-14(11-18(16)19)25-22(28)8-9-23(25)29/h2-11,19H,12H2,1H3. The number of anilines is 2. The molecule has 0 N–H and O–H groups in total. The molecule has 0 saturated carbocycles. The molecule has 2 aliphatic heterocycles. The van der Waals surface area contributed by atoms with E-state index in [1.165, 1.54) is 24.3 Å². The van der Waals surface area contributed by atoms with Crippen LogP contribution >= 0.6 is 0 Å². The highest BCUT2D eigenvalue weighted by atomic mass is 16.5. The van der Waals surface area contributed by atoms with Gasteiger partial charge in [-0.2, -0.15) is 0 Å². The minimum atomic E-state index is -0.375. The molecule has 0 atom stereocenters. The number of carbonyl (C=O) groups excluding carboxylic acids is 4. The predicted octanol–water partition coefficient (Wildman–Crippen LogP) is 2.30. The lowest BCUT2D eigenvalue weighted by Crippen LogP contribution is -2.29. The van der Waals surface area contributed by atoms with Gasteiger partial charge in [-0.25, -0.2) is 9.80 Å². The van der Waals surface area contributed by atoms with Crippen LogP contribution < -0.4 is 9.80 Å². The molecule has 0 spiro atoms. The van der Waals surface area contributed by atoms with Crippen LogP contribution in [0.5, 0.6) is 0 Å². The Labute approximate surface area is 171 Å². The van der Waals surface area contributed by atoms with Crippen molar-refractivity contribution in [1.29, 1.82) is 0 Å². The highest BCUT2D eigenvalue weighted by Gasteiger charge is 2.33. The van der Waals surface area contributed by atoms with Gasteiger partial charge in [0.1, 0.15) is 0 Å². The van der Waals surface area contributed by atoms with Gasteiger partial charge in [0.15, 0.2) is 0 Å². The number of hydrogen-bond donors (Lipinski definition) is 0. The Kier molecular flexibility index (Phi) is 4.01. The Bertz CT molecular complexity index is 1080. The van der Waals surface area contributed by atoms with Crippen molar-refractivity contribution < 1.29 is 23.9 Å². The number of hydrogen-bond acceptors (Lipinski definition) is 5. The van der Waals surface area contributed by atoms with Gasteiger partial charge < -0.3 is 4.74 Å². The summed E-state index contributed by atoms with van der Waals surface area (Å²) >= 11 is 0. The maximum atomic E-state index is 12.1. The average Bonchev–Trinajstić information content (AvgIpc) is 3.35. The average molecular weight is 400 g/mol. The summed E-state index contributed by atoms with van der Waals surface area (Å²) in [6.07, 6.45) is 5.01. The summed E-state index contributed by atoms with van der Waals surface area (Å²) in [6, 6.07) is 10.9. The molecule has 4 amide bonds. The molecule has 5 rings (SSSR count). The third kappa shape index (κ3) is 2.56. The van der Waals surface area contributed by atoms with E-state index in [-0.39, 0.29) is 29.5 Å². The Balaban J connectivity index is 1.59. The first-order chi connectivity index (χ1) is 14.5. The largest absolute Gasteiger partial charge is 0.384 e. The van der Waals surface area contributed by atoms with Gasteiger partial charge in [-0.15, -0.1) is 0 Å². The first-order valence-electron chi connectivity index (χ1n) is 9.39. The normalized spacial score (nSPS) is 17.5. The van der Waals surface area contributed by atoms with Gasteiger partial charge in [-0.1, -0.05) is 12.1 Å². The number of amides is 4. The quantitative estimate of drug-likeness (QED) is 0.736. The lowest BCUT2D eigenvalue weighted by atomic mass is 9.97. The SMILES string of the molecule is COCC1c2cc(N3C(=O)C=CC3=O)ccc2-c2ccc(N3C(=O)C=CC3=O)cc21. The van der Waals surface area contributed by atoms with E-state index in [4.69, 9.17) is 4.74 Å². The van der Waals surface area contributed by atoms with Crippen molar-refractivity contribution in [3.8, 4) is 11.1 Å². The topological polar surface area (TPSA) is 84.0 Å². The zero-order valence-electron chi connectivity index (χ0n) is 16.0. The monoisotopic (exact) mass is 400 g/mol. The van der Waals surface area contributed by atoms with Gasteiger partial charge in [-0.05, 0) is 46.5 Å². The minimum Gasteiger partial charge on any atom is -0.384 e. The fourth-order valence-electron chi connectivity index (χ4n) is 4.27. The number of carbonyl (C=O) groups is 4. The van der Waals surface area contributed by atoms with Crippen LogP contribution in [0.25, 0.3) is 11.1 Å². The van der Waals surface area contributed by atoms with E-state index >= 15 is 0 Å². The molecular weight excluding hydrogens is 384 g/mol. The molecule has 7 nitrogen and oxygen atoms in total. The number of methoxy groups -OCH3 is 1. The highest BCUT2D eigenvalue weighted by Crippen LogP contribution is 2.47. The Morgan fingerprint density at radius 1 is 0.700 bits per heavy atom. The van der Waals surface area contributed by atoms with Gasteiger partial charge >= 0.3 is 0 Å². The number of fused-ring (bicyclic) bond motifs is 3. The highest BCUT2D eigenvalue weighted by molar-refractivity contribution is 6.29. The van der Waals surface area contributed by atoms with E-state index in [0.29, 0.717) is 18.0 Å². The van der Waals surface area contributed by atoms with Gasteiger partial charge in [-0.3, -0.25) is 19.2 Å². The molecule has 0 radical (unpaired) electrons.